The van der Waals surface area contributed by atoms with Gasteiger partial charge < -0.3 is 15.0 Å². The number of likely N-dealkylation sites (tertiary alicyclic amines) is 1. The average Bonchev–Trinajstić information content (AvgIpc) is 2.73. The maximum Gasteiger partial charge on any atom is 0.317 e. The van der Waals surface area contributed by atoms with Crippen LogP contribution in [0.3, 0.4) is 0 Å². The molecular weight excluding hydrogens is 350 g/mol. The highest BCUT2D eigenvalue weighted by Crippen LogP contribution is 2.17. The summed E-state index contributed by atoms with van der Waals surface area (Å²) in [4.78, 5) is 16.8. The molecule has 5 nitrogen and oxygen atoms in total. The predicted molar refractivity (Wildman–Crippen MR) is 112 cm³/mol. The first-order chi connectivity index (χ1) is 13.7. The Morgan fingerprint density at radius 2 is 1.82 bits per heavy atom. The van der Waals surface area contributed by atoms with E-state index >= 15 is 0 Å². The number of methoxy groups -OCH3 is 1. The normalized spacial score (nSPS) is 14.5. The molecule has 1 aliphatic heterocycles. The summed E-state index contributed by atoms with van der Waals surface area (Å²) in [5.41, 5.74) is 3.54. The maximum absolute atomic E-state index is 12.5. The number of ether oxygens (including phenoxy) is 1. The van der Waals surface area contributed by atoms with E-state index in [1.54, 1.807) is 12.0 Å². The zero-order valence-electron chi connectivity index (χ0n) is 17.0. The predicted octanol–water partition coefficient (Wildman–Crippen LogP) is 4.02. The van der Waals surface area contributed by atoms with Gasteiger partial charge in [0.25, 0.3) is 0 Å². The number of carbonyl (C=O) groups excluding carboxylic acids is 1. The van der Waals surface area contributed by atoms with E-state index in [1.165, 1.54) is 43.5 Å². The molecule has 150 valence electrons. The molecule has 0 bridgehead atoms. The second-order valence-corrected chi connectivity index (χ2v) is 7.47. The summed E-state index contributed by atoms with van der Waals surface area (Å²) in [5.74, 6) is 0.804. The van der Waals surface area contributed by atoms with Gasteiger partial charge in [-0.05, 0) is 54.8 Å². The molecule has 2 aromatic carbocycles. The molecule has 0 aromatic heterocycles. The quantitative estimate of drug-likeness (QED) is 0.788. The first-order valence-electron chi connectivity index (χ1n) is 10.1. The summed E-state index contributed by atoms with van der Waals surface area (Å²) < 4.78 is 5.25. The minimum atomic E-state index is -0.0735. The summed E-state index contributed by atoms with van der Waals surface area (Å²) in [6.45, 7) is 4.39. The van der Waals surface area contributed by atoms with Crippen molar-refractivity contribution in [1.82, 2.24) is 15.1 Å². The molecule has 1 heterocycles. The van der Waals surface area contributed by atoms with Gasteiger partial charge in [0.05, 0.1) is 7.11 Å². The first kappa shape index (κ1) is 20.2. The van der Waals surface area contributed by atoms with E-state index in [4.69, 9.17) is 4.74 Å². The summed E-state index contributed by atoms with van der Waals surface area (Å²) in [7, 11) is 3.46. The molecule has 0 saturated carbocycles. The zero-order chi connectivity index (χ0) is 19.8. The number of hydrogen-bond donors (Lipinski definition) is 1. The minimum absolute atomic E-state index is 0.0735. The topological polar surface area (TPSA) is 44.8 Å². The van der Waals surface area contributed by atoms with Gasteiger partial charge in [0, 0.05) is 26.7 Å². The van der Waals surface area contributed by atoms with E-state index in [9.17, 15) is 4.79 Å². The summed E-state index contributed by atoms with van der Waals surface area (Å²) in [6.07, 6.45) is 3.91. The summed E-state index contributed by atoms with van der Waals surface area (Å²) in [5, 5.41) is 3.06. The largest absolute Gasteiger partial charge is 0.497 e. The van der Waals surface area contributed by atoms with Crippen molar-refractivity contribution in [2.24, 2.45) is 0 Å². The highest BCUT2D eigenvalue weighted by Gasteiger charge is 2.14. The zero-order valence-corrected chi connectivity index (χ0v) is 17.0. The van der Waals surface area contributed by atoms with E-state index < -0.39 is 0 Å². The molecule has 28 heavy (non-hydrogen) atoms. The smallest absolute Gasteiger partial charge is 0.317 e. The molecule has 0 unspecified atom stereocenters. The second kappa shape index (κ2) is 10.1. The van der Waals surface area contributed by atoms with Gasteiger partial charge in [-0.1, -0.05) is 42.8 Å². The van der Waals surface area contributed by atoms with E-state index in [0.29, 0.717) is 13.1 Å². The number of benzene rings is 2. The Morgan fingerprint density at radius 1 is 1.07 bits per heavy atom. The van der Waals surface area contributed by atoms with Crippen molar-refractivity contribution in [3.05, 3.63) is 65.2 Å². The highest BCUT2D eigenvalue weighted by atomic mass is 16.5. The third-order valence-corrected chi connectivity index (χ3v) is 5.29. The fourth-order valence-electron chi connectivity index (χ4n) is 3.66. The van der Waals surface area contributed by atoms with Gasteiger partial charge in [-0.25, -0.2) is 4.79 Å². The Morgan fingerprint density at radius 3 is 2.57 bits per heavy atom. The van der Waals surface area contributed by atoms with Crippen LogP contribution >= 0.6 is 0 Å². The van der Waals surface area contributed by atoms with Gasteiger partial charge in [0.15, 0.2) is 0 Å². The van der Waals surface area contributed by atoms with Gasteiger partial charge >= 0.3 is 6.03 Å². The standard InChI is InChI=1S/C23H31N3O2/c1-25(17-19-9-8-12-22(15-19)28-2)23(27)24-16-20-10-4-5-11-21(20)18-26-13-6-3-7-14-26/h4-5,8-12,15H,3,6-7,13-14,16-18H2,1-2H3,(H,24,27). The molecule has 0 radical (unpaired) electrons. The van der Waals surface area contributed by atoms with Gasteiger partial charge in [0.2, 0.25) is 0 Å². The number of nitrogens with one attached hydrogen (secondary N) is 1. The van der Waals surface area contributed by atoms with Gasteiger partial charge in [0.1, 0.15) is 5.75 Å². The van der Waals surface area contributed by atoms with Crippen molar-refractivity contribution in [2.75, 3.05) is 27.2 Å². The van der Waals surface area contributed by atoms with Crippen molar-refractivity contribution in [1.29, 1.82) is 0 Å². The Balaban J connectivity index is 1.54. The maximum atomic E-state index is 12.5. The molecule has 1 fully saturated rings. The molecule has 0 atom stereocenters. The van der Waals surface area contributed by atoms with Crippen LogP contribution < -0.4 is 10.1 Å². The van der Waals surface area contributed by atoms with E-state index in [-0.39, 0.29) is 6.03 Å². The van der Waals surface area contributed by atoms with Crippen LogP contribution in [0.1, 0.15) is 36.0 Å². The van der Waals surface area contributed by atoms with E-state index in [0.717, 1.165) is 17.9 Å². The van der Waals surface area contributed by atoms with Crippen molar-refractivity contribution in [3.8, 4) is 5.75 Å². The highest BCUT2D eigenvalue weighted by molar-refractivity contribution is 5.73. The average molecular weight is 382 g/mol. The van der Waals surface area contributed by atoms with Crippen molar-refractivity contribution < 1.29 is 9.53 Å². The Hall–Kier alpha value is -2.53. The summed E-state index contributed by atoms with van der Waals surface area (Å²) in [6, 6.07) is 16.1. The SMILES string of the molecule is COc1cccc(CN(C)C(=O)NCc2ccccc2CN2CCCCC2)c1. The van der Waals surface area contributed by atoms with E-state index in [2.05, 4.69) is 28.4 Å². The first-order valence-corrected chi connectivity index (χ1v) is 10.1. The molecule has 1 saturated heterocycles. The van der Waals surface area contributed by atoms with Crippen molar-refractivity contribution >= 4 is 6.03 Å². The molecule has 2 aromatic rings. The lowest BCUT2D eigenvalue weighted by molar-refractivity contribution is 0.206. The van der Waals surface area contributed by atoms with E-state index in [1.807, 2.05) is 37.4 Å². The van der Waals surface area contributed by atoms with Crippen LogP contribution in [0.2, 0.25) is 0 Å². The lowest BCUT2D eigenvalue weighted by atomic mass is 10.0. The fraction of sp³-hybridized carbons (Fsp3) is 0.435. The second-order valence-electron chi connectivity index (χ2n) is 7.47. The number of rotatable bonds is 7. The molecule has 1 N–H and O–H groups in total. The minimum Gasteiger partial charge on any atom is -0.497 e. The van der Waals surface area contributed by atoms with Crippen LogP contribution in [0, 0.1) is 0 Å². The van der Waals surface area contributed by atoms with Crippen LogP contribution in [0.4, 0.5) is 4.79 Å². The Labute approximate surface area is 168 Å². The van der Waals surface area contributed by atoms with Crippen LogP contribution in [0.15, 0.2) is 48.5 Å². The molecule has 3 rings (SSSR count). The fourth-order valence-corrected chi connectivity index (χ4v) is 3.66. The molecule has 0 spiro atoms. The monoisotopic (exact) mass is 381 g/mol. The van der Waals surface area contributed by atoms with Crippen LogP contribution in [0.5, 0.6) is 5.75 Å². The Bertz CT molecular complexity index is 772. The Kier molecular flexibility index (Phi) is 7.31. The lowest BCUT2D eigenvalue weighted by Crippen LogP contribution is -2.36. The molecule has 2 amide bonds. The lowest BCUT2D eigenvalue weighted by Gasteiger charge is -2.27. The number of piperidine rings is 1. The molecule has 5 heteroatoms. The molecular formula is C23H31N3O2. The number of nitrogens with zero attached hydrogens (tertiary/aromatic N) is 2. The third-order valence-electron chi connectivity index (χ3n) is 5.29. The van der Waals surface area contributed by atoms with Crippen molar-refractivity contribution in [2.45, 2.75) is 38.9 Å². The van der Waals surface area contributed by atoms with Crippen LogP contribution in [-0.2, 0) is 19.6 Å². The van der Waals surface area contributed by atoms with Crippen LogP contribution in [0.25, 0.3) is 0 Å². The van der Waals surface area contributed by atoms with Gasteiger partial charge in [-0.15, -0.1) is 0 Å². The van der Waals surface area contributed by atoms with Crippen molar-refractivity contribution in [3.63, 3.8) is 0 Å². The number of amides is 2. The van der Waals surface area contributed by atoms with Crippen LogP contribution in [-0.4, -0.2) is 43.1 Å². The number of hydrogen-bond acceptors (Lipinski definition) is 3. The number of urea groups is 1. The number of carbonyl (C=O) groups is 1. The molecule has 0 aliphatic carbocycles. The summed E-state index contributed by atoms with van der Waals surface area (Å²) >= 11 is 0. The van der Waals surface area contributed by atoms with Gasteiger partial charge in [-0.3, -0.25) is 4.90 Å². The molecule has 1 aliphatic rings. The third kappa shape index (κ3) is 5.73. The van der Waals surface area contributed by atoms with Gasteiger partial charge in [-0.2, -0.15) is 0 Å².